The third-order valence-corrected chi connectivity index (χ3v) is 4.11. The Hall–Kier alpha value is -2.18. The second-order valence-corrected chi connectivity index (χ2v) is 6.79. The van der Waals surface area contributed by atoms with Crippen LogP contribution in [0.15, 0.2) is 11.6 Å². The van der Waals surface area contributed by atoms with E-state index in [4.69, 9.17) is 15.6 Å². The number of aliphatic carboxylic acids is 1. The van der Waals surface area contributed by atoms with Gasteiger partial charge in [0.25, 0.3) is 0 Å². The Morgan fingerprint density at radius 2 is 2.04 bits per heavy atom. The molecule has 0 aliphatic heterocycles. The third-order valence-electron chi connectivity index (χ3n) is 4.11. The molecule has 1 aliphatic rings. The van der Waals surface area contributed by atoms with E-state index < -0.39 is 29.4 Å². The smallest absolute Gasteiger partial charge is 0.303 e. The summed E-state index contributed by atoms with van der Waals surface area (Å²) in [6, 6.07) is 0. The molecule has 0 saturated heterocycles. The van der Waals surface area contributed by atoms with Crippen molar-refractivity contribution in [2.75, 3.05) is 0 Å². The summed E-state index contributed by atoms with van der Waals surface area (Å²) < 4.78 is 5.36. The number of esters is 1. The van der Waals surface area contributed by atoms with Gasteiger partial charge in [0.2, 0.25) is 5.91 Å². The first-order chi connectivity index (χ1) is 11.0. The van der Waals surface area contributed by atoms with Crippen molar-refractivity contribution in [3.05, 3.63) is 11.6 Å². The molecule has 1 fully saturated rings. The van der Waals surface area contributed by atoms with Crippen molar-refractivity contribution in [3.63, 3.8) is 0 Å². The Morgan fingerprint density at radius 1 is 1.42 bits per heavy atom. The van der Waals surface area contributed by atoms with Crippen LogP contribution < -0.4 is 5.73 Å². The van der Waals surface area contributed by atoms with Gasteiger partial charge < -0.3 is 15.6 Å². The lowest BCUT2D eigenvalue weighted by Crippen LogP contribution is -2.41. The van der Waals surface area contributed by atoms with Crippen molar-refractivity contribution < 1.29 is 29.0 Å². The standard InChI is InChI=1S/C17H25NO6/c1-10-8-17(3,24-11(2)19)9-13(16(10)23)5-4-12(6-14(18)20)7-15(21)22/h5,10,12H,4,6-9H2,1-3H3,(H2,18,20)(H,21,22)/b13-5+/t10-,12-,17-/m0/s1. The fourth-order valence-electron chi connectivity index (χ4n) is 3.30. The number of rotatable bonds is 7. The molecule has 1 rings (SSSR count). The molecule has 1 saturated carbocycles. The number of carboxylic acids is 1. The quantitative estimate of drug-likeness (QED) is 0.536. The van der Waals surface area contributed by atoms with E-state index in [1.54, 1.807) is 19.9 Å². The molecular weight excluding hydrogens is 314 g/mol. The van der Waals surface area contributed by atoms with Crippen molar-refractivity contribution in [2.45, 2.75) is 58.5 Å². The first kappa shape index (κ1) is 19.9. The number of Topliss-reactive ketones (excluding diaryl/α,β-unsaturated/α-hetero) is 1. The average Bonchev–Trinajstić information content (AvgIpc) is 2.38. The molecule has 0 radical (unpaired) electrons. The summed E-state index contributed by atoms with van der Waals surface area (Å²) in [6.45, 7) is 4.88. The van der Waals surface area contributed by atoms with Crippen LogP contribution in [0.25, 0.3) is 0 Å². The molecule has 1 aliphatic carbocycles. The zero-order valence-electron chi connectivity index (χ0n) is 14.3. The lowest BCUT2D eigenvalue weighted by molar-refractivity contribution is -0.159. The molecule has 0 aromatic rings. The number of nitrogens with two attached hydrogens (primary N) is 1. The minimum absolute atomic E-state index is 0.0345. The third kappa shape index (κ3) is 6.14. The van der Waals surface area contributed by atoms with Gasteiger partial charge in [-0.2, -0.15) is 0 Å². The number of primary amides is 1. The highest BCUT2D eigenvalue weighted by atomic mass is 16.6. The van der Waals surface area contributed by atoms with Gasteiger partial charge >= 0.3 is 11.9 Å². The highest BCUT2D eigenvalue weighted by Gasteiger charge is 2.40. The zero-order valence-corrected chi connectivity index (χ0v) is 14.3. The molecule has 134 valence electrons. The van der Waals surface area contributed by atoms with Gasteiger partial charge in [0.15, 0.2) is 5.78 Å². The molecule has 0 aromatic carbocycles. The van der Waals surface area contributed by atoms with Gasteiger partial charge in [0, 0.05) is 32.1 Å². The fourth-order valence-corrected chi connectivity index (χ4v) is 3.30. The number of carbonyl (C=O) groups is 4. The SMILES string of the molecule is CC(=O)O[C@]1(C)C/C(=C\C[C@@H](CC(N)=O)CC(=O)O)C(=O)[C@@H](C)C1. The van der Waals surface area contributed by atoms with Crippen molar-refractivity contribution >= 4 is 23.6 Å². The molecular formula is C17H25NO6. The maximum absolute atomic E-state index is 12.3. The maximum atomic E-state index is 12.3. The van der Waals surface area contributed by atoms with Gasteiger partial charge in [0.1, 0.15) is 5.60 Å². The first-order valence-electron chi connectivity index (χ1n) is 7.95. The lowest BCUT2D eigenvalue weighted by Gasteiger charge is -2.36. The van der Waals surface area contributed by atoms with Crippen LogP contribution in [0.4, 0.5) is 0 Å². The second-order valence-electron chi connectivity index (χ2n) is 6.79. The van der Waals surface area contributed by atoms with E-state index in [9.17, 15) is 19.2 Å². The van der Waals surface area contributed by atoms with Gasteiger partial charge in [-0.1, -0.05) is 13.0 Å². The molecule has 0 bridgehead atoms. The molecule has 0 unspecified atom stereocenters. The van der Waals surface area contributed by atoms with Gasteiger partial charge in [-0.05, 0) is 31.3 Å². The van der Waals surface area contributed by atoms with E-state index in [0.717, 1.165) is 0 Å². The van der Waals surface area contributed by atoms with Crippen molar-refractivity contribution in [3.8, 4) is 0 Å². The summed E-state index contributed by atoms with van der Waals surface area (Å²) in [5.74, 6) is -2.79. The molecule has 7 heteroatoms. The van der Waals surface area contributed by atoms with Crippen LogP contribution in [0.1, 0.15) is 52.9 Å². The Bertz CT molecular complexity index is 551. The molecule has 0 aromatic heterocycles. The summed E-state index contributed by atoms with van der Waals surface area (Å²) in [6.07, 6.45) is 2.41. The van der Waals surface area contributed by atoms with E-state index in [0.29, 0.717) is 12.0 Å². The summed E-state index contributed by atoms with van der Waals surface area (Å²) in [7, 11) is 0. The van der Waals surface area contributed by atoms with Gasteiger partial charge in [-0.25, -0.2) is 0 Å². The van der Waals surface area contributed by atoms with Crippen LogP contribution in [0.3, 0.4) is 0 Å². The number of hydrogen-bond donors (Lipinski definition) is 2. The van der Waals surface area contributed by atoms with E-state index in [1.807, 2.05) is 0 Å². The minimum atomic E-state index is -1.02. The summed E-state index contributed by atoms with van der Waals surface area (Å²) >= 11 is 0. The van der Waals surface area contributed by atoms with Crippen molar-refractivity contribution in [1.29, 1.82) is 0 Å². The fraction of sp³-hybridized carbons (Fsp3) is 0.647. The Balaban J connectivity index is 2.91. The number of allylic oxidation sites excluding steroid dienone is 1. The molecule has 3 atom stereocenters. The van der Waals surface area contributed by atoms with Crippen LogP contribution in [0, 0.1) is 11.8 Å². The number of hydrogen-bond acceptors (Lipinski definition) is 5. The molecule has 24 heavy (non-hydrogen) atoms. The van der Waals surface area contributed by atoms with Crippen molar-refractivity contribution in [2.24, 2.45) is 17.6 Å². The molecule has 1 amide bonds. The molecule has 0 spiro atoms. The molecule has 3 N–H and O–H groups in total. The highest BCUT2D eigenvalue weighted by molar-refractivity contribution is 5.98. The summed E-state index contributed by atoms with van der Waals surface area (Å²) in [5, 5.41) is 8.91. The summed E-state index contributed by atoms with van der Waals surface area (Å²) in [5.41, 5.74) is 4.91. The largest absolute Gasteiger partial charge is 0.481 e. The van der Waals surface area contributed by atoms with Gasteiger partial charge in [-0.15, -0.1) is 0 Å². The second kappa shape index (κ2) is 8.08. The average molecular weight is 339 g/mol. The van der Waals surface area contributed by atoms with Crippen LogP contribution in [0.2, 0.25) is 0 Å². The number of carboxylic acid groups (broad SMARTS) is 1. The number of carbonyl (C=O) groups excluding carboxylic acids is 3. The van der Waals surface area contributed by atoms with Crippen LogP contribution in [-0.4, -0.2) is 34.3 Å². The highest BCUT2D eigenvalue weighted by Crippen LogP contribution is 2.36. The first-order valence-corrected chi connectivity index (χ1v) is 7.95. The van der Waals surface area contributed by atoms with Gasteiger partial charge in [-0.3, -0.25) is 19.2 Å². The van der Waals surface area contributed by atoms with E-state index >= 15 is 0 Å². The zero-order chi connectivity index (χ0) is 18.5. The van der Waals surface area contributed by atoms with Crippen molar-refractivity contribution in [1.82, 2.24) is 0 Å². The molecule has 7 nitrogen and oxygen atoms in total. The maximum Gasteiger partial charge on any atom is 0.303 e. The topological polar surface area (TPSA) is 124 Å². The molecule has 0 heterocycles. The predicted molar refractivity (Wildman–Crippen MR) is 85.8 cm³/mol. The van der Waals surface area contributed by atoms with Crippen LogP contribution in [0.5, 0.6) is 0 Å². The Labute approximate surface area is 141 Å². The predicted octanol–water partition coefficient (Wildman–Crippen LogP) is 1.59. The minimum Gasteiger partial charge on any atom is -0.481 e. The van der Waals surface area contributed by atoms with E-state index in [1.165, 1.54) is 6.92 Å². The Kier molecular flexibility index (Phi) is 6.69. The van der Waals surface area contributed by atoms with E-state index in [-0.39, 0.29) is 37.4 Å². The number of ether oxygens (including phenoxy) is 1. The monoisotopic (exact) mass is 339 g/mol. The Morgan fingerprint density at radius 3 is 2.54 bits per heavy atom. The van der Waals surface area contributed by atoms with E-state index in [2.05, 4.69) is 0 Å². The summed E-state index contributed by atoms with van der Waals surface area (Å²) in [4.78, 5) is 45.6. The van der Waals surface area contributed by atoms with Gasteiger partial charge in [0.05, 0.1) is 0 Å². The number of ketones is 1. The normalized spacial score (nSPS) is 26.9. The van der Waals surface area contributed by atoms with Crippen LogP contribution in [-0.2, 0) is 23.9 Å². The van der Waals surface area contributed by atoms with Crippen LogP contribution >= 0.6 is 0 Å². The lowest BCUT2D eigenvalue weighted by atomic mass is 9.75. The number of amides is 1.